The largest absolute Gasteiger partial charge is 0.351 e. The molecule has 0 radical (unpaired) electrons. The molecule has 1 N–H and O–H groups in total. The third kappa shape index (κ3) is 3.55. The van der Waals surface area contributed by atoms with E-state index in [1.807, 2.05) is 7.05 Å². The van der Waals surface area contributed by atoms with Gasteiger partial charge in [-0.2, -0.15) is 0 Å². The Morgan fingerprint density at radius 2 is 1.93 bits per heavy atom. The molecule has 1 amide bonds. The Balaban J connectivity index is 1.56. The lowest BCUT2D eigenvalue weighted by molar-refractivity contribution is 0.0944. The van der Waals surface area contributed by atoms with Gasteiger partial charge in [-0.25, -0.2) is 0 Å². The molecule has 1 fully saturated rings. The highest BCUT2D eigenvalue weighted by molar-refractivity contribution is 6.10. The smallest absolute Gasteiger partial charge is 0.267 e. The van der Waals surface area contributed by atoms with Crippen molar-refractivity contribution in [3.05, 3.63) is 36.0 Å². The Morgan fingerprint density at radius 1 is 1.18 bits per heavy atom. The van der Waals surface area contributed by atoms with Crippen LogP contribution in [0.2, 0.25) is 0 Å². The standard InChI is InChI=1S/C23H32N4O/c1-4-26(5-2)14-8-13-24-23(28)21-15-20-22(25(21)3)18-9-6-7-10-19(18)27(20)16-17-11-12-17/h6-7,9-10,15,17H,4-5,8,11-14,16H2,1-3H3,(H,24,28). The predicted octanol–water partition coefficient (Wildman–Crippen LogP) is 4.00. The van der Waals surface area contributed by atoms with E-state index in [0.717, 1.165) is 44.2 Å². The molecule has 1 aromatic carbocycles. The van der Waals surface area contributed by atoms with Gasteiger partial charge in [0.05, 0.1) is 16.6 Å². The molecule has 0 atom stereocenters. The number of fused-ring (bicyclic) bond motifs is 3. The van der Waals surface area contributed by atoms with Crippen molar-refractivity contribution in [2.75, 3.05) is 26.2 Å². The van der Waals surface area contributed by atoms with Gasteiger partial charge in [-0.1, -0.05) is 32.0 Å². The Kier molecular flexibility index (Phi) is 5.44. The molecule has 0 saturated heterocycles. The van der Waals surface area contributed by atoms with E-state index < -0.39 is 0 Å². The van der Waals surface area contributed by atoms with Crippen LogP contribution >= 0.6 is 0 Å². The van der Waals surface area contributed by atoms with Crippen LogP contribution in [0.15, 0.2) is 30.3 Å². The SMILES string of the molecule is CCN(CC)CCCNC(=O)c1cc2c(c3ccccc3n2CC2CC2)n1C. The highest BCUT2D eigenvalue weighted by Crippen LogP contribution is 2.36. The molecule has 150 valence electrons. The molecule has 0 aliphatic heterocycles. The van der Waals surface area contributed by atoms with Gasteiger partial charge in [-0.15, -0.1) is 0 Å². The molecule has 28 heavy (non-hydrogen) atoms. The number of rotatable bonds is 9. The van der Waals surface area contributed by atoms with Crippen LogP contribution < -0.4 is 5.32 Å². The summed E-state index contributed by atoms with van der Waals surface area (Å²) in [7, 11) is 2.01. The summed E-state index contributed by atoms with van der Waals surface area (Å²) in [6, 6.07) is 10.6. The topological polar surface area (TPSA) is 42.2 Å². The van der Waals surface area contributed by atoms with E-state index >= 15 is 0 Å². The summed E-state index contributed by atoms with van der Waals surface area (Å²) in [5.41, 5.74) is 4.39. The van der Waals surface area contributed by atoms with E-state index in [-0.39, 0.29) is 5.91 Å². The third-order valence-corrected chi connectivity index (χ3v) is 6.16. The van der Waals surface area contributed by atoms with Crippen LogP contribution in [0.4, 0.5) is 0 Å². The van der Waals surface area contributed by atoms with Crippen LogP contribution in [0, 0.1) is 5.92 Å². The first kappa shape index (κ1) is 19.1. The maximum atomic E-state index is 12.8. The Labute approximate surface area is 167 Å². The second-order valence-corrected chi connectivity index (χ2v) is 8.03. The van der Waals surface area contributed by atoms with E-state index in [2.05, 4.69) is 63.5 Å². The maximum Gasteiger partial charge on any atom is 0.267 e. The third-order valence-electron chi connectivity index (χ3n) is 6.16. The van der Waals surface area contributed by atoms with Crippen LogP contribution in [0.3, 0.4) is 0 Å². The molecular weight excluding hydrogens is 348 g/mol. The normalized spacial score (nSPS) is 14.4. The fourth-order valence-electron chi connectivity index (χ4n) is 4.26. The number of hydrogen-bond donors (Lipinski definition) is 1. The summed E-state index contributed by atoms with van der Waals surface area (Å²) in [5.74, 6) is 0.817. The average molecular weight is 381 g/mol. The van der Waals surface area contributed by atoms with Gasteiger partial charge in [0.25, 0.3) is 5.91 Å². The molecular formula is C23H32N4O. The minimum atomic E-state index is 0.0281. The van der Waals surface area contributed by atoms with Crippen molar-refractivity contribution in [2.24, 2.45) is 13.0 Å². The van der Waals surface area contributed by atoms with Crippen molar-refractivity contribution in [2.45, 2.75) is 39.7 Å². The van der Waals surface area contributed by atoms with Gasteiger partial charge in [-0.05, 0) is 56.9 Å². The van der Waals surface area contributed by atoms with Crippen molar-refractivity contribution in [1.29, 1.82) is 0 Å². The second-order valence-electron chi connectivity index (χ2n) is 8.03. The quantitative estimate of drug-likeness (QED) is 0.570. The van der Waals surface area contributed by atoms with Crippen molar-refractivity contribution < 1.29 is 4.79 Å². The molecule has 2 aromatic heterocycles. The van der Waals surface area contributed by atoms with Gasteiger partial charge >= 0.3 is 0 Å². The summed E-state index contributed by atoms with van der Waals surface area (Å²) in [6.07, 6.45) is 3.62. The van der Waals surface area contributed by atoms with Crippen LogP contribution in [-0.2, 0) is 13.6 Å². The molecule has 2 heterocycles. The molecule has 1 aliphatic carbocycles. The van der Waals surface area contributed by atoms with Crippen molar-refractivity contribution in [1.82, 2.24) is 19.4 Å². The van der Waals surface area contributed by atoms with Crippen molar-refractivity contribution in [3.8, 4) is 0 Å². The summed E-state index contributed by atoms with van der Waals surface area (Å²) >= 11 is 0. The minimum Gasteiger partial charge on any atom is -0.351 e. The number of hydrogen-bond acceptors (Lipinski definition) is 2. The number of para-hydroxylation sites is 1. The summed E-state index contributed by atoms with van der Waals surface area (Å²) < 4.78 is 4.49. The lowest BCUT2D eigenvalue weighted by Crippen LogP contribution is -2.30. The number of carbonyl (C=O) groups is 1. The first-order valence-electron chi connectivity index (χ1n) is 10.7. The fourth-order valence-corrected chi connectivity index (χ4v) is 4.26. The second kappa shape index (κ2) is 8.00. The van der Waals surface area contributed by atoms with Gasteiger partial charge < -0.3 is 19.4 Å². The number of aromatic nitrogens is 2. The molecule has 0 spiro atoms. The molecule has 1 aliphatic rings. The lowest BCUT2D eigenvalue weighted by Gasteiger charge is -2.17. The molecule has 5 nitrogen and oxygen atoms in total. The van der Waals surface area contributed by atoms with Crippen LogP contribution in [0.5, 0.6) is 0 Å². The number of aryl methyl sites for hydroxylation is 1. The first-order chi connectivity index (χ1) is 13.6. The lowest BCUT2D eigenvalue weighted by atomic mass is 10.2. The fraction of sp³-hybridized carbons (Fsp3) is 0.522. The summed E-state index contributed by atoms with van der Waals surface area (Å²) in [4.78, 5) is 15.2. The molecule has 3 aromatic rings. The number of nitrogens with one attached hydrogen (secondary N) is 1. The minimum absolute atomic E-state index is 0.0281. The van der Waals surface area contributed by atoms with E-state index in [1.165, 1.54) is 34.8 Å². The zero-order valence-electron chi connectivity index (χ0n) is 17.4. The van der Waals surface area contributed by atoms with E-state index in [0.29, 0.717) is 6.54 Å². The highest BCUT2D eigenvalue weighted by Gasteiger charge is 2.25. The number of nitrogens with zero attached hydrogens (tertiary/aromatic N) is 3. The Hall–Kier alpha value is -2.27. The van der Waals surface area contributed by atoms with E-state index in [4.69, 9.17) is 0 Å². The van der Waals surface area contributed by atoms with Crippen LogP contribution in [0.1, 0.15) is 43.6 Å². The maximum absolute atomic E-state index is 12.8. The first-order valence-corrected chi connectivity index (χ1v) is 10.7. The number of amides is 1. The number of carbonyl (C=O) groups excluding carboxylic acids is 1. The number of benzene rings is 1. The van der Waals surface area contributed by atoms with E-state index in [9.17, 15) is 4.79 Å². The molecule has 4 rings (SSSR count). The highest BCUT2D eigenvalue weighted by atomic mass is 16.1. The molecule has 5 heteroatoms. The predicted molar refractivity (Wildman–Crippen MR) is 116 cm³/mol. The molecule has 0 unspecified atom stereocenters. The zero-order chi connectivity index (χ0) is 19.7. The van der Waals surface area contributed by atoms with Gasteiger partial charge in [-0.3, -0.25) is 4.79 Å². The van der Waals surface area contributed by atoms with Crippen molar-refractivity contribution >= 4 is 27.8 Å². The Bertz CT molecular complexity index is 975. The molecule has 0 bridgehead atoms. The van der Waals surface area contributed by atoms with Gasteiger partial charge in [0, 0.05) is 25.5 Å². The monoisotopic (exact) mass is 380 g/mol. The molecule has 1 saturated carbocycles. The average Bonchev–Trinajstić information content (AvgIpc) is 3.40. The van der Waals surface area contributed by atoms with Gasteiger partial charge in [0.15, 0.2) is 0 Å². The van der Waals surface area contributed by atoms with Crippen LogP contribution in [-0.4, -0.2) is 46.1 Å². The van der Waals surface area contributed by atoms with Gasteiger partial charge in [0.1, 0.15) is 5.69 Å². The van der Waals surface area contributed by atoms with E-state index in [1.54, 1.807) is 0 Å². The summed E-state index contributed by atoms with van der Waals surface area (Å²) in [5, 5.41) is 4.36. The van der Waals surface area contributed by atoms with Gasteiger partial charge in [0.2, 0.25) is 0 Å². The zero-order valence-corrected chi connectivity index (χ0v) is 17.4. The van der Waals surface area contributed by atoms with Crippen molar-refractivity contribution in [3.63, 3.8) is 0 Å². The summed E-state index contributed by atoms with van der Waals surface area (Å²) in [6.45, 7) is 9.28. The van der Waals surface area contributed by atoms with Crippen LogP contribution in [0.25, 0.3) is 21.9 Å². The Morgan fingerprint density at radius 3 is 2.64 bits per heavy atom.